The van der Waals surface area contributed by atoms with Crippen molar-refractivity contribution in [1.82, 2.24) is 19.1 Å². The Hall–Kier alpha value is -1.78. The second kappa shape index (κ2) is 7.09. The molecular formula is C16H22N4O4S2. The first-order valence-electron chi connectivity index (χ1n) is 8.43. The van der Waals surface area contributed by atoms with E-state index in [9.17, 15) is 16.8 Å². The summed E-state index contributed by atoms with van der Waals surface area (Å²) in [5.41, 5.74) is 1.07. The number of hydrogen-bond acceptors (Lipinski definition) is 6. The van der Waals surface area contributed by atoms with E-state index in [2.05, 4.69) is 10.2 Å². The molecule has 1 fully saturated rings. The van der Waals surface area contributed by atoms with Gasteiger partial charge in [-0.25, -0.2) is 16.8 Å². The normalized spacial score (nSPS) is 17.5. The fourth-order valence-corrected chi connectivity index (χ4v) is 6.32. The van der Waals surface area contributed by atoms with Crippen LogP contribution in [0.4, 0.5) is 0 Å². The van der Waals surface area contributed by atoms with Gasteiger partial charge >= 0.3 is 0 Å². The molecule has 0 atom stereocenters. The van der Waals surface area contributed by atoms with Crippen LogP contribution in [0.1, 0.15) is 25.3 Å². The summed E-state index contributed by atoms with van der Waals surface area (Å²) in [7, 11) is -5.66. The first kappa shape index (κ1) is 19.0. The molecule has 0 radical (unpaired) electrons. The van der Waals surface area contributed by atoms with Crippen molar-refractivity contribution >= 4 is 19.9 Å². The van der Waals surface area contributed by atoms with Crippen molar-refractivity contribution < 1.29 is 16.8 Å². The third-order valence-corrected chi connectivity index (χ3v) is 8.87. The Balaban J connectivity index is 1.74. The number of aryl methyl sites for hydroxylation is 2. The Morgan fingerprint density at radius 1 is 1.08 bits per heavy atom. The highest BCUT2D eigenvalue weighted by Gasteiger charge is 2.37. The molecule has 0 bridgehead atoms. The number of nitrogens with zero attached hydrogens (tertiary/aromatic N) is 4. The van der Waals surface area contributed by atoms with Crippen LogP contribution >= 0.6 is 0 Å². The van der Waals surface area contributed by atoms with Crippen molar-refractivity contribution in [3.05, 3.63) is 36.2 Å². The molecule has 2 heterocycles. The predicted octanol–water partition coefficient (Wildman–Crippen LogP) is 1.00. The van der Waals surface area contributed by atoms with E-state index in [1.165, 1.54) is 15.2 Å². The minimum Gasteiger partial charge on any atom is -0.308 e. The number of benzene rings is 1. The number of aromatic nitrogens is 3. The molecule has 26 heavy (non-hydrogen) atoms. The largest absolute Gasteiger partial charge is 0.308 e. The van der Waals surface area contributed by atoms with Gasteiger partial charge in [0.15, 0.2) is 0 Å². The SMILES string of the molecule is CCc1ccc(S(=O)(=O)N2CCC(S(=O)(=O)c3nncn3C)CC2)cc1. The molecule has 0 amide bonds. The Morgan fingerprint density at radius 3 is 2.19 bits per heavy atom. The van der Waals surface area contributed by atoms with E-state index in [-0.39, 0.29) is 36.0 Å². The minimum atomic E-state index is -3.62. The van der Waals surface area contributed by atoms with Gasteiger partial charge in [0.05, 0.1) is 10.1 Å². The number of rotatable bonds is 5. The van der Waals surface area contributed by atoms with Gasteiger partial charge in [0.1, 0.15) is 6.33 Å². The zero-order valence-electron chi connectivity index (χ0n) is 14.7. The molecule has 0 spiro atoms. The Bertz CT molecular complexity index is 974. The van der Waals surface area contributed by atoms with Crippen LogP contribution in [0.5, 0.6) is 0 Å². The average Bonchev–Trinajstić information content (AvgIpc) is 3.08. The Kier molecular flexibility index (Phi) is 5.18. The smallest absolute Gasteiger partial charge is 0.249 e. The first-order chi connectivity index (χ1) is 12.3. The van der Waals surface area contributed by atoms with Gasteiger partial charge in [-0.1, -0.05) is 19.1 Å². The third-order valence-electron chi connectivity index (χ3n) is 4.73. The quantitative estimate of drug-likeness (QED) is 0.745. The number of piperidine rings is 1. The van der Waals surface area contributed by atoms with Crippen LogP contribution in [-0.4, -0.2) is 54.2 Å². The van der Waals surface area contributed by atoms with Crippen molar-refractivity contribution in [2.24, 2.45) is 7.05 Å². The second-order valence-corrected chi connectivity index (χ2v) is 10.4. The second-order valence-electron chi connectivity index (χ2n) is 6.37. The maximum atomic E-state index is 12.8. The van der Waals surface area contributed by atoms with Crippen LogP contribution in [0, 0.1) is 0 Å². The van der Waals surface area contributed by atoms with Crippen molar-refractivity contribution in [3.8, 4) is 0 Å². The standard InChI is InChI=1S/C16H22N4O4S2/c1-3-13-4-6-15(7-5-13)26(23,24)20-10-8-14(9-11-20)25(21,22)16-18-17-12-19(16)2/h4-7,12,14H,3,8-11H2,1-2H3. The first-order valence-corrected chi connectivity index (χ1v) is 11.4. The molecule has 142 valence electrons. The molecule has 0 aliphatic carbocycles. The molecule has 10 heteroatoms. The monoisotopic (exact) mass is 398 g/mol. The molecule has 8 nitrogen and oxygen atoms in total. The summed E-state index contributed by atoms with van der Waals surface area (Å²) in [5, 5.41) is 6.58. The third kappa shape index (κ3) is 3.40. The predicted molar refractivity (Wildman–Crippen MR) is 95.8 cm³/mol. The van der Waals surface area contributed by atoms with E-state index in [0.29, 0.717) is 0 Å². The summed E-state index contributed by atoms with van der Waals surface area (Å²) in [6, 6.07) is 6.82. The number of sulfonamides is 1. The van der Waals surface area contributed by atoms with Crippen LogP contribution < -0.4 is 0 Å². The molecule has 1 aliphatic rings. The van der Waals surface area contributed by atoms with Gasteiger partial charge in [-0.2, -0.15) is 4.31 Å². The van der Waals surface area contributed by atoms with E-state index in [1.807, 2.05) is 6.92 Å². The summed E-state index contributed by atoms with van der Waals surface area (Å²) in [6.07, 6.45) is 2.65. The van der Waals surface area contributed by atoms with Crippen LogP contribution in [0.15, 0.2) is 40.6 Å². The van der Waals surface area contributed by atoms with Crippen LogP contribution in [0.25, 0.3) is 0 Å². The van der Waals surface area contributed by atoms with E-state index < -0.39 is 25.1 Å². The summed E-state index contributed by atoms with van der Waals surface area (Å²) >= 11 is 0. The Labute approximate surface area is 153 Å². The molecule has 1 saturated heterocycles. The minimum absolute atomic E-state index is 0.0750. The topological polar surface area (TPSA) is 102 Å². The van der Waals surface area contributed by atoms with Gasteiger partial charge in [-0.15, -0.1) is 10.2 Å². The molecule has 0 unspecified atom stereocenters. The number of hydrogen-bond donors (Lipinski definition) is 0. The highest BCUT2D eigenvalue weighted by Crippen LogP contribution is 2.26. The fraction of sp³-hybridized carbons (Fsp3) is 0.500. The maximum absolute atomic E-state index is 12.8. The summed E-state index contributed by atoms with van der Waals surface area (Å²) < 4.78 is 53.6. The van der Waals surface area contributed by atoms with E-state index >= 15 is 0 Å². The zero-order valence-corrected chi connectivity index (χ0v) is 16.4. The van der Waals surface area contributed by atoms with Crippen molar-refractivity contribution in [3.63, 3.8) is 0 Å². The molecule has 1 aromatic heterocycles. The fourth-order valence-electron chi connectivity index (χ4n) is 3.11. The highest BCUT2D eigenvalue weighted by molar-refractivity contribution is 7.92. The lowest BCUT2D eigenvalue weighted by atomic mass is 10.2. The lowest BCUT2D eigenvalue weighted by molar-refractivity contribution is 0.344. The molecule has 2 aromatic rings. The lowest BCUT2D eigenvalue weighted by Gasteiger charge is -2.30. The van der Waals surface area contributed by atoms with Gasteiger partial charge in [0.2, 0.25) is 25.0 Å². The van der Waals surface area contributed by atoms with E-state index in [4.69, 9.17) is 0 Å². The summed E-state index contributed by atoms with van der Waals surface area (Å²) in [4.78, 5) is 0.240. The molecule has 3 rings (SSSR count). The Morgan fingerprint density at radius 2 is 1.69 bits per heavy atom. The van der Waals surface area contributed by atoms with Crippen molar-refractivity contribution in [2.75, 3.05) is 13.1 Å². The van der Waals surface area contributed by atoms with Gasteiger partial charge in [-0.3, -0.25) is 0 Å². The molecule has 1 aromatic carbocycles. The molecule has 0 N–H and O–H groups in total. The lowest BCUT2D eigenvalue weighted by Crippen LogP contribution is -2.42. The summed E-state index contributed by atoms with van der Waals surface area (Å²) in [6.45, 7) is 2.34. The maximum Gasteiger partial charge on any atom is 0.249 e. The highest BCUT2D eigenvalue weighted by atomic mass is 32.2. The average molecular weight is 399 g/mol. The molecule has 1 aliphatic heterocycles. The van der Waals surface area contributed by atoms with E-state index in [1.54, 1.807) is 31.3 Å². The van der Waals surface area contributed by atoms with Gasteiger partial charge in [0.25, 0.3) is 0 Å². The van der Waals surface area contributed by atoms with Crippen LogP contribution in [0.3, 0.4) is 0 Å². The van der Waals surface area contributed by atoms with Gasteiger partial charge in [0, 0.05) is 20.1 Å². The van der Waals surface area contributed by atoms with Crippen LogP contribution in [0.2, 0.25) is 0 Å². The van der Waals surface area contributed by atoms with Crippen molar-refractivity contribution in [1.29, 1.82) is 0 Å². The zero-order chi connectivity index (χ0) is 18.9. The summed E-state index contributed by atoms with van der Waals surface area (Å²) in [5.74, 6) is 0. The van der Waals surface area contributed by atoms with Gasteiger partial charge < -0.3 is 4.57 Å². The number of sulfone groups is 1. The van der Waals surface area contributed by atoms with Gasteiger partial charge in [-0.05, 0) is 37.0 Å². The van der Waals surface area contributed by atoms with Crippen LogP contribution in [-0.2, 0) is 33.3 Å². The molecular weight excluding hydrogens is 376 g/mol. The molecule has 0 saturated carbocycles. The van der Waals surface area contributed by atoms with E-state index in [0.717, 1.165) is 12.0 Å². The van der Waals surface area contributed by atoms with Crippen molar-refractivity contribution in [2.45, 2.75) is 41.5 Å².